The molecular weight excluding hydrogens is 490 g/mol. The molecule has 1 aliphatic heterocycles. The van der Waals surface area contributed by atoms with Crippen molar-refractivity contribution in [3.05, 3.63) is 63.5 Å². The Morgan fingerprint density at radius 1 is 1.30 bits per heavy atom. The van der Waals surface area contributed by atoms with Gasteiger partial charge in [-0.2, -0.15) is 5.26 Å². The molecule has 0 bridgehead atoms. The Labute approximate surface area is 220 Å². The van der Waals surface area contributed by atoms with Gasteiger partial charge in [0.1, 0.15) is 29.3 Å². The van der Waals surface area contributed by atoms with Crippen LogP contribution in [0.4, 0.5) is 9.80 Å². The largest absolute Gasteiger partial charge is 0.496 e. The van der Waals surface area contributed by atoms with Crippen molar-refractivity contribution in [2.24, 2.45) is 0 Å². The fourth-order valence-corrected chi connectivity index (χ4v) is 5.85. The van der Waals surface area contributed by atoms with E-state index in [2.05, 4.69) is 16.4 Å². The zero-order chi connectivity index (χ0) is 26.5. The lowest BCUT2D eigenvalue weighted by molar-refractivity contribution is -0.116. The second-order valence-corrected chi connectivity index (χ2v) is 10.2. The molecule has 10 heteroatoms. The number of para-hydroxylation sites is 1. The van der Waals surface area contributed by atoms with E-state index in [9.17, 15) is 14.9 Å². The number of methoxy groups -OCH3 is 1. The SMILES string of the molecule is COc1ccccc1[C@@H](C)CC(=O)Nc1sc2c(c1C#N)CCN(C(=O)OCCn1cc(C)nc1C)C2. The second kappa shape index (κ2) is 11.5. The molecule has 1 aromatic carbocycles. The number of ether oxygens (including phenoxy) is 2. The Balaban J connectivity index is 1.36. The van der Waals surface area contributed by atoms with Crippen LogP contribution in [0.2, 0.25) is 0 Å². The lowest BCUT2D eigenvalue weighted by atomic mass is 9.96. The molecule has 1 N–H and O–H groups in total. The summed E-state index contributed by atoms with van der Waals surface area (Å²) in [6, 6.07) is 9.89. The summed E-state index contributed by atoms with van der Waals surface area (Å²) in [4.78, 5) is 32.4. The number of nitrogens with one attached hydrogen (secondary N) is 1. The number of amides is 2. The third kappa shape index (κ3) is 5.94. The number of aryl methyl sites for hydroxylation is 2. The van der Waals surface area contributed by atoms with Crippen LogP contribution in [0.5, 0.6) is 5.75 Å². The van der Waals surface area contributed by atoms with E-state index in [-0.39, 0.29) is 30.9 Å². The van der Waals surface area contributed by atoms with Crippen molar-refractivity contribution in [3.63, 3.8) is 0 Å². The van der Waals surface area contributed by atoms with Crippen LogP contribution in [0.1, 0.15) is 52.3 Å². The van der Waals surface area contributed by atoms with E-state index in [4.69, 9.17) is 9.47 Å². The Morgan fingerprint density at radius 2 is 2.08 bits per heavy atom. The predicted molar refractivity (Wildman–Crippen MR) is 141 cm³/mol. The number of carbonyl (C=O) groups excluding carboxylic acids is 2. The number of nitrogens with zero attached hydrogens (tertiary/aromatic N) is 4. The molecule has 194 valence electrons. The van der Waals surface area contributed by atoms with Crippen molar-refractivity contribution in [2.45, 2.75) is 52.6 Å². The number of thiophene rings is 1. The number of benzene rings is 1. The van der Waals surface area contributed by atoms with Crippen LogP contribution in [0.15, 0.2) is 30.5 Å². The lowest BCUT2D eigenvalue weighted by Gasteiger charge is -2.26. The van der Waals surface area contributed by atoms with Gasteiger partial charge in [-0.05, 0) is 43.4 Å². The van der Waals surface area contributed by atoms with Gasteiger partial charge < -0.3 is 24.3 Å². The first kappa shape index (κ1) is 26.2. The Hall–Kier alpha value is -3.84. The topological polar surface area (TPSA) is 109 Å². The van der Waals surface area contributed by atoms with Crippen molar-refractivity contribution in [3.8, 4) is 11.8 Å². The van der Waals surface area contributed by atoms with Crippen molar-refractivity contribution >= 4 is 28.3 Å². The summed E-state index contributed by atoms with van der Waals surface area (Å²) in [6.07, 6.45) is 2.33. The molecule has 0 fully saturated rings. The van der Waals surface area contributed by atoms with E-state index in [1.807, 2.05) is 55.8 Å². The standard InChI is InChI=1S/C27H31N5O4S/c1-17(20-7-5-6-8-23(20)35-4)13-25(33)30-26-22(14-28)21-9-10-32(16-24(21)37-26)27(34)36-12-11-31-15-18(2)29-19(31)3/h5-8,15,17H,9-13,16H2,1-4H3,(H,30,33)/t17-/m0/s1. The van der Waals surface area contributed by atoms with Crippen LogP contribution in [-0.2, 0) is 29.0 Å². The van der Waals surface area contributed by atoms with Gasteiger partial charge in [0.15, 0.2) is 0 Å². The molecule has 1 atom stereocenters. The van der Waals surface area contributed by atoms with Crippen LogP contribution < -0.4 is 10.1 Å². The van der Waals surface area contributed by atoms with Crippen molar-refractivity contribution in [2.75, 3.05) is 25.6 Å². The Kier molecular flexibility index (Phi) is 8.14. The monoisotopic (exact) mass is 521 g/mol. The van der Waals surface area contributed by atoms with E-state index in [1.54, 1.807) is 12.0 Å². The maximum Gasteiger partial charge on any atom is 0.410 e. The minimum absolute atomic E-state index is 0.0587. The highest BCUT2D eigenvalue weighted by Gasteiger charge is 2.28. The number of carbonyl (C=O) groups is 2. The smallest absolute Gasteiger partial charge is 0.410 e. The number of hydrogen-bond acceptors (Lipinski definition) is 7. The van der Waals surface area contributed by atoms with Crippen LogP contribution in [-0.4, -0.2) is 46.7 Å². The number of aromatic nitrogens is 2. The summed E-state index contributed by atoms with van der Waals surface area (Å²) in [5.41, 5.74) is 3.26. The first-order chi connectivity index (χ1) is 17.8. The highest BCUT2D eigenvalue weighted by molar-refractivity contribution is 7.16. The summed E-state index contributed by atoms with van der Waals surface area (Å²) in [5, 5.41) is 13.3. The molecule has 0 radical (unpaired) electrons. The van der Waals surface area contributed by atoms with Crippen molar-refractivity contribution in [1.82, 2.24) is 14.5 Å². The van der Waals surface area contributed by atoms with E-state index < -0.39 is 0 Å². The van der Waals surface area contributed by atoms with E-state index in [0.29, 0.717) is 36.6 Å². The molecule has 2 aromatic heterocycles. The molecule has 0 aliphatic carbocycles. The quantitative estimate of drug-likeness (QED) is 0.457. The summed E-state index contributed by atoms with van der Waals surface area (Å²) < 4.78 is 12.9. The zero-order valence-electron chi connectivity index (χ0n) is 21.5. The molecule has 1 aliphatic rings. The third-order valence-electron chi connectivity index (χ3n) is 6.50. The minimum Gasteiger partial charge on any atom is -0.496 e. The number of imidazole rings is 1. The summed E-state index contributed by atoms with van der Waals surface area (Å²) in [6.45, 7) is 7.41. The van der Waals surface area contributed by atoms with Crippen LogP contribution in [0.3, 0.4) is 0 Å². The van der Waals surface area contributed by atoms with Gasteiger partial charge >= 0.3 is 6.09 Å². The van der Waals surface area contributed by atoms with Crippen LogP contribution >= 0.6 is 11.3 Å². The molecule has 37 heavy (non-hydrogen) atoms. The van der Waals surface area contributed by atoms with Crippen molar-refractivity contribution in [1.29, 1.82) is 5.26 Å². The molecule has 9 nitrogen and oxygen atoms in total. The highest BCUT2D eigenvalue weighted by Crippen LogP contribution is 2.37. The normalized spacial score (nSPS) is 13.4. The maximum absolute atomic E-state index is 12.9. The van der Waals surface area contributed by atoms with Gasteiger partial charge in [-0.1, -0.05) is 25.1 Å². The summed E-state index contributed by atoms with van der Waals surface area (Å²) in [7, 11) is 1.61. The molecule has 0 saturated carbocycles. The van der Waals surface area contributed by atoms with Gasteiger partial charge in [0.2, 0.25) is 5.91 Å². The number of hydrogen-bond donors (Lipinski definition) is 1. The zero-order valence-corrected chi connectivity index (χ0v) is 22.4. The fourth-order valence-electron chi connectivity index (χ4n) is 4.62. The maximum atomic E-state index is 12.9. The molecule has 2 amide bonds. The van der Waals surface area contributed by atoms with Gasteiger partial charge in [0.25, 0.3) is 0 Å². The first-order valence-electron chi connectivity index (χ1n) is 12.2. The van der Waals surface area contributed by atoms with Gasteiger partial charge in [0, 0.05) is 24.0 Å². The van der Waals surface area contributed by atoms with Crippen LogP contribution in [0.25, 0.3) is 0 Å². The Morgan fingerprint density at radius 3 is 2.78 bits per heavy atom. The van der Waals surface area contributed by atoms with Gasteiger partial charge in [0.05, 0.1) is 31.5 Å². The molecule has 4 rings (SSSR count). The first-order valence-corrected chi connectivity index (χ1v) is 13.0. The number of rotatable bonds is 8. The molecule has 0 unspecified atom stereocenters. The fraction of sp³-hybridized carbons (Fsp3) is 0.407. The van der Waals surface area contributed by atoms with Gasteiger partial charge in [-0.3, -0.25) is 4.79 Å². The molecule has 3 heterocycles. The van der Waals surface area contributed by atoms with Crippen molar-refractivity contribution < 1.29 is 19.1 Å². The van der Waals surface area contributed by atoms with E-state index in [0.717, 1.165) is 33.3 Å². The molecule has 0 spiro atoms. The Bertz CT molecular complexity index is 1340. The average molecular weight is 522 g/mol. The van der Waals surface area contributed by atoms with E-state index >= 15 is 0 Å². The minimum atomic E-state index is -0.386. The number of fused-ring (bicyclic) bond motifs is 1. The average Bonchev–Trinajstić information content (AvgIpc) is 3.40. The predicted octanol–water partition coefficient (Wildman–Crippen LogP) is 4.77. The van der Waals surface area contributed by atoms with E-state index in [1.165, 1.54) is 11.3 Å². The third-order valence-corrected chi connectivity index (χ3v) is 7.63. The summed E-state index contributed by atoms with van der Waals surface area (Å²) in [5.74, 6) is 1.39. The van der Waals surface area contributed by atoms with Gasteiger partial charge in [-0.15, -0.1) is 11.3 Å². The molecule has 3 aromatic rings. The molecular formula is C27H31N5O4S. The highest BCUT2D eigenvalue weighted by atomic mass is 32.1. The second-order valence-electron chi connectivity index (χ2n) is 9.12. The number of nitriles is 1. The molecule has 0 saturated heterocycles. The summed E-state index contributed by atoms with van der Waals surface area (Å²) >= 11 is 1.35. The number of anilines is 1. The lowest BCUT2D eigenvalue weighted by Crippen LogP contribution is -2.36. The van der Waals surface area contributed by atoms with Crippen LogP contribution in [0, 0.1) is 25.2 Å². The van der Waals surface area contributed by atoms with Gasteiger partial charge in [-0.25, -0.2) is 9.78 Å².